The van der Waals surface area contributed by atoms with Gasteiger partial charge in [0.2, 0.25) is 0 Å². The van der Waals surface area contributed by atoms with Crippen LogP contribution in [0, 0.1) is 5.53 Å². The summed E-state index contributed by atoms with van der Waals surface area (Å²) in [6.07, 6.45) is 1.33. The fourth-order valence-electron chi connectivity index (χ4n) is 0.389. The maximum atomic E-state index is 6.58. The lowest BCUT2D eigenvalue weighted by Gasteiger charge is -1.97. The van der Waals surface area contributed by atoms with Gasteiger partial charge < -0.3 is 11.1 Å². The average molecular weight is 128 g/mol. The first-order valence-electron chi connectivity index (χ1n) is 2.84. The van der Waals surface area contributed by atoms with Crippen LogP contribution >= 0.6 is 0 Å². The molecule has 0 aromatic carbocycles. The normalized spacial score (nSPS) is 11.4. The minimum Gasteiger partial charge on any atom is -0.403 e. The molecule has 4 N–H and O–H groups in total. The third kappa shape index (κ3) is 3.66. The van der Waals surface area contributed by atoms with Gasteiger partial charge in [-0.15, -0.1) is 0 Å². The van der Waals surface area contributed by atoms with E-state index < -0.39 is 0 Å². The maximum absolute atomic E-state index is 6.58. The minimum atomic E-state index is 0.567. The zero-order valence-electron chi connectivity index (χ0n) is 5.52. The summed E-state index contributed by atoms with van der Waals surface area (Å²) in [6, 6.07) is 0. The monoisotopic (exact) mass is 128 g/mol. The molecule has 0 saturated heterocycles. The van der Waals surface area contributed by atoms with E-state index in [1.165, 1.54) is 6.20 Å². The van der Waals surface area contributed by atoms with Crippen LogP contribution in [0.2, 0.25) is 0 Å². The van der Waals surface area contributed by atoms with Gasteiger partial charge in [0.25, 0.3) is 0 Å². The molecule has 0 aromatic rings. The van der Waals surface area contributed by atoms with Crippen molar-refractivity contribution in [3.8, 4) is 0 Å². The molecule has 4 heteroatoms. The topological polar surface area (TPSA) is 74.3 Å². The Morgan fingerprint density at radius 3 is 2.89 bits per heavy atom. The van der Waals surface area contributed by atoms with Gasteiger partial charge in [0.1, 0.15) is 0 Å². The van der Waals surface area contributed by atoms with E-state index in [0.29, 0.717) is 12.2 Å². The molecule has 0 radical (unpaired) electrons. The largest absolute Gasteiger partial charge is 0.403 e. The van der Waals surface area contributed by atoms with Gasteiger partial charge in [-0.3, -0.25) is 0 Å². The van der Waals surface area contributed by atoms with E-state index in [9.17, 15) is 0 Å². The number of nitrogens with zero attached hydrogens (tertiary/aromatic N) is 1. The van der Waals surface area contributed by atoms with Crippen molar-refractivity contribution in [3.63, 3.8) is 0 Å². The number of rotatable bonds is 4. The second-order valence-electron chi connectivity index (χ2n) is 1.55. The fourth-order valence-corrected chi connectivity index (χ4v) is 0.389. The number of hydrogen-bond acceptors (Lipinski definition) is 4. The summed E-state index contributed by atoms with van der Waals surface area (Å²) in [5.74, 6) is 0. The molecule has 0 rings (SSSR count). The van der Waals surface area contributed by atoms with Gasteiger partial charge in [0, 0.05) is 12.7 Å². The highest BCUT2D eigenvalue weighted by atomic mass is 15.0. The maximum Gasteiger partial charge on any atom is 0.0915 e. The summed E-state index contributed by atoms with van der Waals surface area (Å²) < 4.78 is 0. The Bertz CT molecular complexity index is 108. The van der Waals surface area contributed by atoms with Crippen LogP contribution < -0.4 is 11.1 Å². The average Bonchev–Trinajstić information content (AvgIpc) is 1.91. The van der Waals surface area contributed by atoms with E-state index in [2.05, 4.69) is 10.4 Å². The smallest absolute Gasteiger partial charge is 0.0915 e. The van der Waals surface area contributed by atoms with Crippen molar-refractivity contribution in [3.05, 3.63) is 11.9 Å². The molecule has 0 aliphatic heterocycles. The molecule has 0 fully saturated rings. The molecule has 0 aliphatic rings. The second kappa shape index (κ2) is 5.24. The zero-order valence-corrected chi connectivity index (χ0v) is 5.52. The van der Waals surface area contributed by atoms with Crippen molar-refractivity contribution in [1.82, 2.24) is 5.32 Å². The van der Waals surface area contributed by atoms with E-state index in [1.807, 2.05) is 6.92 Å². The quantitative estimate of drug-likeness (QED) is 0.480. The fraction of sp³-hybridized carbons (Fsp3) is 0.600. The first kappa shape index (κ1) is 8.10. The standard InChI is InChI=1S/C5H12N4/c1-2-8-4-5(3-6)9-7/h3,7-8H,2,4,6H2,1H3/b5-3-,9-7?. The molecule has 4 nitrogen and oxygen atoms in total. The summed E-state index contributed by atoms with van der Waals surface area (Å²) >= 11 is 0. The molecular formula is C5H12N4. The van der Waals surface area contributed by atoms with Gasteiger partial charge in [-0.1, -0.05) is 6.92 Å². The Balaban J connectivity index is 3.45. The van der Waals surface area contributed by atoms with Crippen molar-refractivity contribution in [2.45, 2.75) is 6.92 Å². The third-order valence-corrected chi connectivity index (χ3v) is 0.892. The van der Waals surface area contributed by atoms with Gasteiger partial charge in [-0.05, 0) is 6.54 Å². The zero-order chi connectivity index (χ0) is 7.11. The van der Waals surface area contributed by atoms with Gasteiger partial charge in [0.05, 0.1) is 5.70 Å². The van der Waals surface area contributed by atoms with Crippen molar-refractivity contribution >= 4 is 0 Å². The molecule has 0 spiro atoms. The summed E-state index contributed by atoms with van der Waals surface area (Å²) in [7, 11) is 0. The highest BCUT2D eigenvalue weighted by molar-refractivity contribution is 4.97. The summed E-state index contributed by atoms with van der Waals surface area (Å²) in [4.78, 5) is 0. The van der Waals surface area contributed by atoms with Crippen LogP contribution in [-0.4, -0.2) is 13.1 Å². The Morgan fingerprint density at radius 2 is 2.56 bits per heavy atom. The van der Waals surface area contributed by atoms with E-state index in [-0.39, 0.29) is 0 Å². The van der Waals surface area contributed by atoms with Crippen LogP contribution in [0.3, 0.4) is 0 Å². The van der Waals surface area contributed by atoms with Gasteiger partial charge in [-0.2, -0.15) is 5.11 Å². The summed E-state index contributed by atoms with van der Waals surface area (Å²) in [5.41, 5.74) is 12.2. The lowest BCUT2D eigenvalue weighted by molar-refractivity contribution is 0.756. The van der Waals surface area contributed by atoms with Crippen molar-refractivity contribution in [1.29, 1.82) is 5.53 Å². The third-order valence-electron chi connectivity index (χ3n) is 0.892. The number of likely N-dealkylation sites (N-methyl/N-ethyl adjacent to an activating group) is 1. The van der Waals surface area contributed by atoms with E-state index >= 15 is 0 Å². The number of hydrogen-bond donors (Lipinski definition) is 3. The molecule has 0 heterocycles. The van der Waals surface area contributed by atoms with Gasteiger partial charge in [-0.25, -0.2) is 5.53 Å². The molecule has 0 aliphatic carbocycles. The van der Waals surface area contributed by atoms with Gasteiger partial charge in [0.15, 0.2) is 0 Å². The number of nitrogens with one attached hydrogen (secondary N) is 2. The SMILES string of the molecule is CCNC/C(=C/N)N=N. The molecule has 0 bridgehead atoms. The van der Waals surface area contributed by atoms with Crippen molar-refractivity contribution in [2.75, 3.05) is 13.1 Å². The Labute approximate surface area is 54.6 Å². The van der Waals surface area contributed by atoms with Crippen LogP contribution in [0.5, 0.6) is 0 Å². The highest BCUT2D eigenvalue weighted by Gasteiger charge is 1.88. The van der Waals surface area contributed by atoms with E-state index in [0.717, 1.165) is 6.54 Å². The van der Waals surface area contributed by atoms with Gasteiger partial charge >= 0.3 is 0 Å². The lowest BCUT2D eigenvalue weighted by atomic mass is 10.5. The van der Waals surface area contributed by atoms with E-state index in [4.69, 9.17) is 11.3 Å². The lowest BCUT2D eigenvalue weighted by Crippen LogP contribution is -2.15. The first-order valence-corrected chi connectivity index (χ1v) is 2.84. The molecule has 52 valence electrons. The predicted octanol–water partition coefficient (Wildman–Crippen LogP) is 0.427. The predicted molar refractivity (Wildman–Crippen MR) is 36.0 cm³/mol. The molecule has 9 heavy (non-hydrogen) atoms. The van der Waals surface area contributed by atoms with Crippen LogP contribution in [-0.2, 0) is 0 Å². The Hall–Kier alpha value is -0.900. The van der Waals surface area contributed by atoms with Crippen molar-refractivity contribution in [2.24, 2.45) is 10.8 Å². The molecular weight excluding hydrogens is 116 g/mol. The molecule has 0 unspecified atom stereocenters. The Morgan fingerprint density at radius 1 is 1.89 bits per heavy atom. The van der Waals surface area contributed by atoms with Crippen molar-refractivity contribution < 1.29 is 0 Å². The summed E-state index contributed by atoms with van der Waals surface area (Å²) in [6.45, 7) is 3.43. The molecule has 0 saturated carbocycles. The molecule has 0 amide bonds. The first-order chi connectivity index (χ1) is 4.35. The summed E-state index contributed by atoms with van der Waals surface area (Å²) in [5, 5.41) is 6.16. The van der Waals surface area contributed by atoms with E-state index in [1.54, 1.807) is 0 Å². The second-order valence-corrected chi connectivity index (χ2v) is 1.55. The van der Waals surface area contributed by atoms with Crippen LogP contribution in [0.15, 0.2) is 17.0 Å². The molecule has 0 atom stereocenters. The number of nitrogens with two attached hydrogens (primary N) is 1. The molecule has 0 aromatic heterocycles. The van der Waals surface area contributed by atoms with Crippen LogP contribution in [0.25, 0.3) is 0 Å². The Kier molecular flexibility index (Phi) is 4.72. The van der Waals surface area contributed by atoms with Crippen LogP contribution in [0.1, 0.15) is 6.92 Å². The van der Waals surface area contributed by atoms with Crippen LogP contribution in [0.4, 0.5) is 0 Å². The highest BCUT2D eigenvalue weighted by Crippen LogP contribution is 1.88. The minimum absolute atomic E-state index is 0.567.